The van der Waals surface area contributed by atoms with E-state index in [1.807, 2.05) is 48.5 Å². The molecule has 0 aliphatic carbocycles. The van der Waals surface area contributed by atoms with Gasteiger partial charge in [-0.3, -0.25) is 4.31 Å². The maximum absolute atomic E-state index is 12.8. The Morgan fingerprint density at radius 3 is 2.54 bits per heavy atom. The third kappa shape index (κ3) is 2.46. The molecule has 24 heavy (non-hydrogen) atoms. The van der Waals surface area contributed by atoms with Crippen molar-refractivity contribution in [3.8, 4) is 5.75 Å². The van der Waals surface area contributed by atoms with Gasteiger partial charge in [-0.05, 0) is 35.7 Å². The summed E-state index contributed by atoms with van der Waals surface area (Å²) in [5.74, 6) is 0.705. The van der Waals surface area contributed by atoms with Crippen molar-refractivity contribution in [1.82, 2.24) is 0 Å². The largest absolute Gasteiger partial charge is 0.492 e. The summed E-state index contributed by atoms with van der Waals surface area (Å²) in [5.41, 5.74) is 0.723. The lowest BCUT2D eigenvalue weighted by atomic mass is 10.1. The van der Waals surface area contributed by atoms with Crippen LogP contribution >= 0.6 is 15.9 Å². The summed E-state index contributed by atoms with van der Waals surface area (Å²) in [4.78, 5) is 0.373. The normalized spacial score (nSPS) is 15.0. The molecule has 0 unspecified atom stereocenters. The van der Waals surface area contributed by atoms with Gasteiger partial charge in [0.05, 0.1) is 17.1 Å². The molecule has 0 aromatic heterocycles. The van der Waals surface area contributed by atoms with E-state index in [1.165, 1.54) is 4.31 Å². The average molecular weight is 404 g/mol. The molecule has 4 nitrogen and oxygen atoms in total. The fourth-order valence-corrected chi connectivity index (χ4v) is 5.07. The number of halogens is 1. The van der Waals surface area contributed by atoms with Gasteiger partial charge in [-0.15, -0.1) is 0 Å². The van der Waals surface area contributed by atoms with E-state index in [-0.39, 0.29) is 13.2 Å². The third-order valence-electron chi connectivity index (χ3n) is 4.04. The van der Waals surface area contributed by atoms with Gasteiger partial charge in [0.2, 0.25) is 0 Å². The molecule has 6 heteroatoms. The van der Waals surface area contributed by atoms with E-state index in [0.29, 0.717) is 10.6 Å². The second-order valence-electron chi connectivity index (χ2n) is 5.51. The van der Waals surface area contributed by atoms with Crippen molar-refractivity contribution in [2.45, 2.75) is 4.90 Å². The molecule has 1 aliphatic rings. The number of hydrogen-bond donors (Lipinski definition) is 0. The Hall–Kier alpha value is -2.05. The number of anilines is 1. The molecule has 122 valence electrons. The number of benzene rings is 3. The molecule has 0 atom stereocenters. The standard InChI is InChI=1S/C18H14BrNO3S/c19-14-6-3-7-15(12-14)23-11-10-20-16-8-1-4-13-5-2-9-17(18(13)16)24(20,21)22/h1-9,12H,10-11H2. The maximum Gasteiger partial charge on any atom is 0.265 e. The van der Waals surface area contributed by atoms with Gasteiger partial charge in [0.25, 0.3) is 10.0 Å². The van der Waals surface area contributed by atoms with Crippen LogP contribution in [-0.2, 0) is 10.0 Å². The van der Waals surface area contributed by atoms with E-state index in [4.69, 9.17) is 4.74 Å². The number of sulfonamides is 1. The van der Waals surface area contributed by atoms with Gasteiger partial charge in [0.1, 0.15) is 12.4 Å². The van der Waals surface area contributed by atoms with E-state index in [2.05, 4.69) is 15.9 Å². The molecular formula is C18H14BrNO3S. The molecule has 3 aromatic carbocycles. The first-order chi connectivity index (χ1) is 11.6. The van der Waals surface area contributed by atoms with Gasteiger partial charge in [-0.1, -0.05) is 46.3 Å². The molecule has 0 N–H and O–H groups in total. The minimum atomic E-state index is -3.52. The fraction of sp³-hybridized carbons (Fsp3) is 0.111. The second kappa shape index (κ2) is 5.79. The van der Waals surface area contributed by atoms with Gasteiger partial charge in [0.15, 0.2) is 0 Å². The van der Waals surface area contributed by atoms with Crippen LogP contribution in [0.4, 0.5) is 5.69 Å². The number of nitrogens with zero attached hydrogens (tertiary/aromatic N) is 1. The first-order valence-corrected chi connectivity index (χ1v) is 9.73. The van der Waals surface area contributed by atoms with Crippen LogP contribution in [0.3, 0.4) is 0 Å². The SMILES string of the molecule is O=S1(=O)c2cccc3cccc(c23)N1CCOc1cccc(Br)c1. The Kier molecular flexibility index (Phi) is 3.73. The smallest absolute Gasteiger partial charge is 0.265 e. The van der Waals surface area contributed by atoms with Crippen LogP contribution in [0.2, 0.25) is 0 Å². The highest BCUT2D eigenvalue weighted by Crippen LogP contribution is 2.41. The lowest BCUT2D eigenvalue weighted by molar-refractivity contribution is 0.328. The minimum Gasteiger partial charge on any atom is -0.492 e. The van der Waals surface area contributed by atoms with E-state index >= 15 is 0 Å². The first kappa shape index (κ1) is 15.5. The van der Waals surface area contributed by atoms with E-state index in [9.17, 15) is 8.42 Å². The third-order valence-corrected chi connectivity index (χ3v) is 6.39. The Bertz CT molecular complexity index is 1030. The molecule has 1 aliphatic heterocycles. The van der Waals surface area contributed by atoms with Crippen molar-refractivity contribution in [3.05, 3.63) is 65.1 Å². The fourth-order valence-electron chi connectivity index (χ4n) is 3.00. The molecule has 3 aromatic rings. The van der Waals surface area contributed by atoms with Crippen molar-refractivity contribution in [3.63, 3.8) is 0 Å². The van der Waals surface area contributed by atoms with Crippen molar-refractivity contribution in [2.24, 2.45) is 0 Å². The Morgan fingerprint density at radius 2 is 1.75 bits per heavy atom. The number of hydrogen-bond acceptors (Lipinski definition) is 3. The molecule has 4 rings (SSSR count). The van der Waals surface area contributed by atoms with Gasteiger partial charge in [-0.2, -0.15) is 0 Å². The molecule has 0 radical (unpaired) electrons. The van der Waals surface area contributed by atoms with Crippen LogP contribution in [-0.4, -0.2) is 21.6 Å². The Balaban J connectivity index is 1.62. The predicted octanol–water partition coefficient (Wildman–Crippen LogP) is 4.19. The van der Waals surface area contributed by atoms with Gasteiger partial charge in [0, 0.05) is 9.86 Å². The average Bonchev–Trinajstić information content (AvgIpc) is 2.78. The molecule has 0 spiro atoms. The molecular weight excluding hydrogens is 390 g/mol. The van der Waals surface area contributed by atoms with Crippen molar-refractivity contribution >= 4 is 42.4 Å². The number of ether oxygens (including phenoxy) is 1. The van der Waals surface area contributed by atoms with Crippen LogP contribution in [0, 0.1) is 0 Å². The zero-order valence-electron chi connectivity index (χ0n) is 12.6. The molecule has 0 bridgehead atoms. The predicted molar refractivity (Wildman–Crippen MR) is 98.1 cm³/mol. The van der Waals surface area contributed by atoms with Crippen LogP contribution in [0.1, 0.15) is 0 Å². The summed E-state index contributed by atoms with van der Waals surface area (Å²) < 4.78 is 33.7. The molecule has 0 saturated heterocycles. The monoisotopic (exact) mass is 403 g/mol. The number of rotatable bonds is 4. The highest BCUT2D eigenvalue weighted by atomic mass is 79.9. The Morgan fingerprint density at radius 1 is 1.00 bits per heavy atom. The van der Waals surface area contributed by atoms with Crippen molar-refractivity contribution in [2.75, 3.05) is 17.5 Å². The van der Waals surface area contributed by atoms with Gasteiger partial charge < -0.3 is 4.74 Å². The maximum atomic E-state index is 12.8. The van der Waals surface area contributed by atoms with Crippen LogP contribution in [0.25, 0.3) is 10.8 Å². The highest BCUT2D eigenvalue weighted by Gasteiger charge is 2.35. The topological polar surface area (TPSA) is 46.6 Å². The highest BCUT2D eigenvalue weighted by molar-refractivity contribution is 9.10. The summed E-state index contributed by atoms with van der Waals surface area (Å²) in [7, 11) is -3.52. The van der Waals surface area contributed by atoms with Crippen LogP contribution in [0.15, 0.2) is 70.0 Å². The summed E-state index contributed by atoms with van der Waals surface area (Å²) >= 11 is 3.39. The van der Waals surface area contributed by atoms with Crippen LogP contribution < -0.4 is 9.04 Å². The molecule has 0 amide bonds. The van der Waals surface area contributed by atoms with Crippen molar-refractivity contribution < 1.29 is 13.2 Å². The van der Waals surface area contributed by atoms with E-state index < -0.39 is 10.0 Å². The summed E-state index contributed by atoms with van der Waals surface area (Å²) in [5, 5.41) is 1.73. The second-order valence-corrected chi connectivity index (χ2v) is 8.26. The zero-order valence-corrected chi connectivity index (χ0v) is 15.0. The van der Waals surface area contributed by atoms with E-state index in [0.717, 1.165) is 20.9 Å². The molecule has 0 fully saturated rings. The summed E-state index contributed by atoms with van der Waals surface area (Å²) in [6.07, 6.45) is 0. The first-order valence-electron chi connectivity index (χ1n) is 7.50. The Labute approximate surface area is 148 Å². The van der Waals surface area contributed by atoms with Crippen LogP contribution in [0.5, 0.6) is 5.75 Å². The lowest BCUT2D eigenvalue weighted by Gasteiger charge is -2.19. The van der Waals surface area contributed by atoms with Gasteiger partial charge >= 0.3 is 0 Å². The molecule has 1 heterocycles. The van der Waals surface area contributed by atoms with Crippen molar-refractivity contribution in [1.29, 1.82) is 0 Å². The van der Waals surface area contributed by atoms with Gasteiger partial charge in [-0.25, -0.2) is 8.42 Å². The zero-order chi connectivity index (χ0) is 16.7. The molecule has 0 saturated carbocycles. The lowest BCUT2D eigenvalue weighted by Crippen LogP contribution is -2.31. The summed E-state index contributed by atoms with van der Waals surface area (Å²) in [6, 6.07) is 18.5. The quantitative estimate of drug-likeness (QED) is 0.655. The summed E-state index contributed by atoms with van der Waals surface area (Å²) in [6.45, 7) is 0.544. The van der Waals surface area contributed by atoms with E-state index in [1.54, 1.807) is 12.1 Å². The minimum absolute atomic E-state index is 0.267.